The second-order valence-corrected chi connectivity index (χ2v) is 5.03. The minimum absolute atomic E-state index is 0.175. The number of hydrogen-bond acceptors (Lipinski definition) is 4. The number of carbonyl (C=O) groups excluding carboxylic acids is 1. The Balaban J connectivity index is 2.20. The Morgan fingerprint density at radius 2 is 2.17 bits per heavy atom. The number of hydrogen-bond donors (Lipinski definition) is 3. The Kier molecular flexibility index (Phi) is 3.53. The van der Waals surface area contributed by atoms with Gasteiger partial charge < -0.3 is 16.8 Å². The minimum atomic E-state index is -0.514. The van der Waals surface area contributed by atoms with Crippen molar-refractivity contribution in [1.82, 2.24) is 0 Å². The van der Waals surface area contributed by atoms with E-state index >= 15 is 0 Å². The summed E-state index contributed by atoms with van der Waals surface area (Å²) in [5.41, 5.74) is 12.5. The summed E-state index contributed by atoms with van der Waals surface area (Å²) in [7, 11) is 0. The van der Waals surface area contributed by atoms with E-state index in [0.717, 1.165) is 5.69 Å². The molecule has 1 heterocycles. The molecule has 1 amide bonds. The number of nitrogen functional groups attached to an aromatic ring is 1. The number of nitrogens with one attached hydrogen (secondary N) is 1. The normalized spacial score (nSPS) is 12.1. The number of benzene rings is 1. The molecule has 18 heavy (non-hydrogen) atoms. The monoisotopic (exact) mass is 261 g/mol. The van der Waals surface area contributed by atoms with Gasteiger partial charge in [0.1, 0.15) is 0 Å². The van der Waals surface area contributed by atoms with Gasteiger partial charge in [-0.25, -0.2) is 0 Å². The van der Waals surface area contributed by atoms with Crippen LogP contribution in [-0.4, -0.2) is 5.91 Å². The summed E-state index contributed by atoms with van der Waals surface area (Å²) in [6.07, 6.45) is 0. The number of nitrogens with two attached hydrogens (primary N) is 2. The molecule has 94 valence electrons. The van der Waals surface area contributed by atoms with Crippen LogP contribution < -0.4 is 16.8 Å². The van der Waals surface area contributed by atoms with Crippen molar-refractivity contribution >= 4 is 28.6 Å². The van der Waals surface area contributed by atoms with E-state index in [1.54, 1.807) is 23.5 Å². The summed E-state index contributed by atoms with van der Waals surface area (Å²) in [4.78, 5) is 12.4. The van der Waals surface area contributed by atoms with Crippen LogP contribution in [0.4, 0.5) is 11.4 Å². The van der Waals surface area contributed by atoms with E-state index in [2.05, 4.69) is 18.3 Å². The zero-order chi connectivity index (χ0) is 13.1. The lowest BCUT2D eigenvalue weighted by Crippen LogP contribution is -2.14. The quantitative estimate of drug-likeness (QED) is 0.740. The maximum Gasteiger partial charge on any atom is 0.250 e. The molecule has 0 bridgehead atoms. The van der Waals surface area contributed by atoms with E-state index in [1.165, 1.54) is 4.88 Å². The predicted octanol–water partition coefficient (Wildman–Crippen LogP) is 2.60. The highest BCUT2D eigenvalue weighted by Gasteiger charge is 2.10. The van der Waals surface area contributed by atoms with Crippen LogP contribution in [-0.2, 0) is 0 Å². The van der Waals surface area contributed by atoms with Crippen LogP contribution in [0, 0.1) is 0 Å². The molecule has 0 saturated heterocycles. The van der Waals surface area contributed by atoms with Crippen LogP contribution in [0.3, 0.4) is 0 Å². The highest BCUT2D eigenvalue weighted by Crippen LogP contribution is 2.25. The van der Waals surface area contributed by atoms with Crippen molar-refractivity contribution in [2.45, 2.75) is 13.0 Å². The third kappa shape index (κ3) is 2.62. The molecule has 5 heteroatoms. The van der Waals surface area contributed by atoms with E-state index in [9.17, 15) is 4.79 Å². The number of amides is 1. The highest BCUT2D eigenvalue weighted by molar-refractivity contribution is 7.10. The standard InChI is InChI=1S/C13H15N3OS/c1-8(12-3-2-6-18-12)16-9-4-5-11(14)10(7-9)13(15)17/h2-8,16H,14H2,1H3,(H2,15,17). The van der Waals surface area contributed by atoms with Crippen molar-refractivity contribution in [2.75, 3.05) is 11.1 Å². The zero-order valence-corrected chi connectivity index (χ0v) is 10.8. The minimum Gasteiger partial charge on any atom is -0.398 e. The molecule has 1 unspecified atom stereocenters. The Bertz CT molecular complexity index is 551. The summed E-state index contributed by atoms with van der Waals surface area (Å²) in [6.45, 7) is 2.06. The average Bonchev–Trinajstić information content (AvgIpc) is 2.85. The van der Waals surface area contributed by atoms with Crippen molar-refractivity contribution in [3.63, 3.8) is 0 Å². The maximum absolute atomic E-state index is 11.2. The Hall–Kier alpha value is -2.01. The van der Waals surface area contributed by atoms with Gasteiger partial charge in [-0.15, -0.1) is 11.3 Å². The molecule has 0 aliphatic heterocycles. The maximum atomic E-state index is 11.2. The van der Waals surface area contributed by atoms with E-state index < -0.39 is 5.91 Å². The molecule has 0 aliphatic rings. The van der Waals surface area contributed by atoms with E-state index in [0.29, 0.717) is 11.3 Å². The molecule has 0 radical (unpaired) electrons. The molecular weight excluding hydrogens is 246 g/mol. The summed E-state index contributed by atoms with van der Waals surface area (Å²) < 4.78 is 0. The van der Waals surface area contributed by atoms with Crippen molar-refractivity contribution < 1.29 is 4.79 Å². The fourth-order valence-corrected chi connectivity index (χ4v) is 2.45. The number of thiophene rings is 1. The van der Waals surface area contributed by atoms with Crippen LogP contribution in [0.15, 0.2) is 35.7 Å². The molecule has 0 fully saturated rings. The average molecular weight is 261 g/mol. The Labute approximate surface area is 110 Å². The van der Waals surface area contributed by atoms with Crippen LogP contribution in [0.25, 0.3) is 0 Å². The predicted molar refractivity (Wildman–Crippen MR) is 75.7 cm³/mol. The lowest BCUT2D eigenvalue weighted by Gasteiger charge is -2.14. The topological polar surface area (TPSA) is 81.1 Å². The molecule has 1 aromatic carbocycles. The number of anilines is 2. The van der Waals surface area contributed by atoms with Gasteiger partial charge >= 0.3 is 0 Å². The number of primary amides is 1. The van der Waals surface area contributed by atoms with Crippen LogP contribution in [0.2, 0.25) is 0 Å². The first-order chi connectivity index (χ1) is 8.58. The molecule has 1 aromatic heterocycles. The first-order valence-corrected chi connectivity index (χ1v) is 6.45. The van der Waals surface area contributed by atoms with Crippen LogP contribution >= 0.6 is 11.3 Å². The van der Waals surface area contributed by atoms with Gasteiger partial charge in [-0.3, -0.25) is 4.79 Å². The second kappa shape index (κ2) is 5.10. The lowest BCUT2D eigenvalue weighted by atomic mass is 10.1. The summed E-state index contributed by atoms with van der Waals surface area (Å²) in [6, 6.07) is 9.45. The van der Waals surface area contributed by atoms with Gasteiger partial charge in [0.2, 0.25) is 0 Å². The molecule has 2 aromatic rings. The van der Waals surface area contributed by atoms with Crippen molar-refractivity contribution in [1.29, 1.82) is 0 Å². The molecule has 2 rings (SSSR count). The van der Waals surface area contributed by atoms with Crippen molar-refractivity contribution in [3.05, 3.63) is 46.2 Å². The number of rotatable bonds is 4. The second-order valence-electron chi connectivity index (χ2n) is 4.05. The van der Waals surface area contributed by atoms with Gasteiger partial charge in [-0.1, -0.05) is 6.07 Å². The number of carbonyl (C=O) groups is 1. The smallest absolute Gasteiger partial charge is 0.250 e. The third-order valence-electron chi connectivity index (χ3n) is 2.67. The Morgan fingerprint density at radius 1 is 1.39 bits per heavy atom. The fourth-order valence-electron chi connectivity index (χ4n) is 1.72. The zero-order valence-electron chi connectivity index (χ0n) is 10.0. The van der Waals surface area contributed by atoms with Crippen LogP contribution in [0.1, 0.15) is 28.2 Å². The van der Waals surface area contributed by atoms with Gasteiger partial charge in [0, 0.05) is 16.3 Å². The first-order valence-electron chi connectivity index (χ1n) is 5.57. The van der Waals surface area contributed by atoms with Gasteiger partial charge in [-0.05, 0) is 36.6 Å². The summed E-state index contributed by atoms with van der Waals surface area (Å²) in [5.74, 6) is -0.514. The van der Waals surface area contributed by atoms with E-state index in [-0.39, 0.29) is 6.04 Å². The molecule has 0 spiro atoms. The molecule has 0 aliphatic carbocycles. The van der Waals surface area contributed by atoms with E-state index in [4.69, 9.17) is 11.5 Å². The summed E-state index contributed by atoms with van der Waals surface area (Å²) in [5, 5.41) is 5.35. The summed E-state index contributed by atoms with van der Waals surface area (Å²) >= 11 is 1.69. The SMILES string of the molecule is CC(Nc1ccc(N)c(C(N)=O)c1)c1cccs1. The molecule has 1 atom stereocenters. The van der Waals surface area contributed by atoms with E-state index in [1.807, 2.05) is 17.5 Å². The first kappa shape index (κ1) is 12.4. The van der Waals surface area contributed by atoms with Crippen molar-refractivity contribution in [2.24, 2.45) is 5.73 Å². The van der Waals surface area contributed by atoms with Gasteiger partial charge in [0.15, 0.2) is 0 Å². The van der Waals surface area contributed by atoms with Gasteiger partial charge in [0.25, 0.3) is 5.91 Å². The fraction of sp³-hybridized carbons (Fsp3) is 0.154. The molecule has 4 nitrogen and oxygen atoms in total. The van der Waals surface area contributed by atoms with Gasteiger partial charge in [0.05, 0.1) is 11.6 Å². The highest BCUT2D eigenvalue weighted by atomic mass is 32.1. The van der Waals surface area contributed by atoms with Crippen molar-refractivity contribution in [3.8, 4) is 0 Å². The molecular formula is C13H15N3OS. The molecule has 5 N–H and O–H groups in total. The largest absolute Gasteiger partial charge is 0.398 e. The molecule has 0 saturated carbocycles. The Morgan fingerprint density at radius 3 is 2.78 bits per heavy atom. The third-order valence-corrected chi connectivity index (χ3v) is 3.73. The lowest BCUT2D eigenvalue weighted by molar-refractivity contribution is 0.100. The van der Waals surface area contributed by atoms with Gasteiger partial charge in [-0.2, -0.15) is 0 Å². The van der Waals surface area contributed by atoms with Crippen LogP contribution in [0.5, 0.6) is 0 Å².